The summed E-state index contributed by atoms with van der Waals surface area (Å²) >= 11 is 6.07. The predicted molar refractivity (Wildman–Crippen MR) is 101 cm³/mol. The van der Waals surface area contributed by atoms with Gasteiger partial charge < -0.3 is 5.32 Å². The van der Waals surface area contributed by atoms with Crippen LogP contribution in [0, 0.1) is 5.82 Å². The second-order valence-corrected chi connectivity index (χ2v) is 8.25. The first-order valence-electron chi connectivity index (χ1n) is 8.01. The topological polar surface area (TPSA) is 66.5 Å². The first kappa shape index (κ1) is 20.2. The number of benzene rings is 2. The van der Waals surface area contributed by atoms with Crippen LogP contribution in [0.15, 0.2) is 47.4 Å². The van der Waals surface area contributed by atoms with Crippen molar-refractivity contribution in [2.24, 2.45) is 0 Å². The number of rotatable bonds is 6. The molecule has 0 saturated carbocycles. The van der Waals surface area contributed by atoms with E-state index >= 15 is 0 Å². The second-order valence-electron chi connectivity index (χ2n) is 5.87. The van der Waals surface area contributed by atoms with Crippen molar-refractivity contribution in [1.82, 2.24) is 5.32 Å². The molecule has 0 aliphatic heterocycles. The fraction of sp³-hybridized carbons (Fsp3) is 0.278. The lowest BCUT2D eigenvalue weighted by molar-refractivity contribution is 0.0939. The van der Waals surface area contributed by atoms with Gasteiger partial charge in [0.1, 0.15) is 5.82 Å². The smallest absolute Gasteiger partial charge is 0.264 e. The Hall–Kier alpha value is -2.12. The highest BCUT2D eigenvalue weighted by atomic mass is 35.5. The number of anilines is 1. The normalized spacial score (nSPS) is 12.5. The Balaban J connectivity index is 2.39. The van der Waals surface area contributed by atoms with Crippen molar-refractivity contribution in [3.8, 4) is 0 Å². The summed E-state index contributed by atoms with van der Waals surface area (Å²) in [5.41, 5.74) is 0.382. The van der Waals surface area contributed by atoms with Crippen LogP contribution >= 0.6 is 11.6 Å². The molecule has 5 nitrogen and oxygen atoms in total. The van der Waals surface area contributed by atoms with E-state index in [1.165, 1.54) is 49.5 Å². The van der Waals surface area contributed by atoms with Gasteiger partial charge in [-0.05, 0) is 55.8 Å². The summed E-state index contributed by atoms with van der Waals surface area (Å²) in [5, 5.41) is 2.92. The highest BCUT2D eigenvalue weighted by Crippen LogP contribution is 2.26. The van der Waals surface area contributed by atoms with Crippen LogP contribution < -0.4 is 9.62 Å². The number of carbonyl (C=O) groups excluding carboxylic acids is 1. The van der Waals surface area contributed by atoms with Crippen molar-refractivity contribution in [3.63, 3.8) is 0 Å². The molecule has 0 heterocycles. The Morgan fingerprint density at radius 3 is 2.42 bits per heavy atom. The van der Waals surface area contributed by atoms with Crippen molar-refractivity contribution in [2.45, 2.75) is 31.2 Å². The Morgan fingerprint density at radius 1 is 1.23 bits per heavy atom. The summed E-state index contributed by atoms with van der Waals surface area (Å²) in [4.78, 5) is 12.3. The molecule has 26 heavy (non-hydrogen) atoms. The van der Waals surface area contributed by atoms with Crippen LogP contribution in [0.5, 0.6) is 0 Å². The number of amides is 1. The molecule has 2 aromatic rings. The van der Waals surface area contributed by atoms with E-state index in [1.807, 2.05) is 13.8 Å². The predicted octanol–water partition coefficient (Wildman–Crippen LogP) is 3.83. The van der Waals surface area contributed by atoms with Gasteiger partial charge in [-0.15, -0.1) is 0 Å². The number of nitrogens with zero attached hydrogens (tertiary/aromatic N) is 1. The standard InChI is InChI=1S/C18H20ClFN2O3S/c1-4-12(2)21-18(23)16-11-15(9-10-17(16)19)26(24,25)22(3)14-7-5-13(20)6-8-14/h5-12H,4H2,1-3H3,(H,21,23). The molecule has 140 valence electrons. The summed E-state index contributed by atoms with van der Waals surface area (Å²) in [6.07, 6.45) is 0.731. The third-order valence-electron chi connectivity index (χ3n) is 4.02. The average Bonchev–Trinajstić information content (AvgIpc) is 2.61. The van der Waals surface area contributed by atoms with Crippen LogP contribution in [0.1, 0.15) is 30.6 Å². The van der Waals surface area contributed by atoms with Gasteiger partial charge in [-0.1, -0.05) is 18.5 Å². The van der Waals surface area contributed by atoms with Gasteiger partial charge in [0.2, 0.25) is 0 Å². The maximum absolute atomic E-state index is 13.1. The lowest BCUT2D eigenvalue weighted by atomic mass is 10.2. The van der Waals surface area contributed by atoms with E-state index in [0.717, 1.165) is 10.7 Å². The van der Waals surface area contributed by atoms with Gasteiger partial charge in [-0.3, -0.25) is 9.10 Å². The zero-order chi connectivity index (χ0) is 19.5. The van der Waals surface area contributed by atoms with Crippen LogP contribution in [-0.4, -0.2) is 27.4 Å². The first-order valence-corrected chi connectivity index (χ1v) is 9.83. The third kappa shape index (κ3) is 4.34. The van der Waals surface area contributed by atoms with Gasteiger partial charge in [0.15, 0.2) is 0 Å². The molecular formula is C18H20ClFN2O3S. The Morgan fingerprint density at radius 2 is 1.85 bits per heavy atom. The number of hydrogen-bond acceptors (Lipinski definition) is 3. The zero-order valence-electron chi connectivity index (χ0n) is 14.7. The Kier molecular flexibility index (Phi) is 6.26. The number of carbonyl (C=O) groups is 1. The van der Waals surface area contributed by atoms with E-state index in [9.17, 15) is 17.6 Å². The minimum absolute atomic E-state index is 0.0688. The van der Waals surface area contributed by atoms with Crippen LogP contribution in [0.4, 0.5) is 10.1 Å². The van der Waals surface area contributed by atoms with E-state index < -0.39 is 21.7 Å². The number of halogens is 2. The van der Waals surface area contributed by atoms with Gasteiger partial charge in [-0.25, -0.2) is 12.8 Å². The van der Waals surface area contributed by atoms with Crippen LogP contribution in [0.25, 0.3) is 0 Å². The molecule has 0 aliphatic carbocycles. The molecule has 2 aromatic carbocycles. The molecule has 1 N–H and O–H groups in total. The van der Waals surface area contributed by atoms with Gasteiger partial charge in [0.25, 0.3) is 15.9 Å². The van der Waals surface area contributed by atoms with E-state index in [-0.39, 0.29) is 21.5 Å². The lowest BCUT2D eigenvalue weighted by Crippen LogP contribution is -2.32. The number of nitrogens with one attached hydrogen (secondary N) is 1. The largest absolute Gasteiger partial charge is 0.350 e. The summed E-state index contributed by atoms with van der Waals surface area (Å²) in [6, 6.07) is 8.95. The highest BCUT2D eigenvalue weighted by Gasteiger charge is 2.24. The van der Waals surface area contributed by atoms with Crippen molar-refractivity contribution in [1.29, 1.82) is 0 Å². The minimum Gasteiger partial charge on any atom is -0.350 e. The van der Waals surface area contributed by atoms with Crippen LogP contribution in [0.2, 0.25) is 5.02 Å². The minimum atomic E-state index is -3.94. The van der Waals surface area contributed by atoms with E-state index in [1.54, 1.807) is 0 Å². The molecule has 0 radical (unpaired) electrons. The quantitative estimate of drug-likeness (QED) is 0.804. The molecule has 1 unspecified atom stereocenters. The molecule has 0 aliphatic rings. The van der Waals surface area contributed by atoms with E-state index in [4.69, 9.17) is 11.6 Å². The Bertz CT molecular complexity index is 901. The summed E-state index contributed by atoms with van der Waals surface area (Å²) in [5.74, 6) is -0.902. The van der Waals surface area contributed by atoms with Crippen molar-refractivity contribution >= 4 is 33.2 Å². The van der Waals surface area contributed by atoms with Gasteiger partial charge in [-0.2, -0.15) is 0 Å². The molecule has 0 bridgehead atoms. The Labute approximate surface area is 157 Å². The van der Waals surface area contributed by atoms with Crippen LogP contribution in [0.3, 0.4) is 0 Å². The zero-order valence-corrected chi connectivity index (χ0v) is 16.2. The molecule has 1 amide bonds. The molecular weight excluding hydrogens is 379 g/mol. The van der Waals surface area contributed by atoms with Crippen molar-refractivity contribution in [3.05, 3.63) is 58.9 Å². The highest BCUT2D eigenvalue weighted by molar-refractivity contribution is 7.92. The SMILES string of the molecule is CCC(C)NC(=O)c1cc(S(=O)(=O)N(C)c2ccc(F)cc2)ccc1Cl. The fourth-order valence-corrected chi connectivity index (χ4v) is 3.62. The van der Waals surface area contributed by atoms with Gasteiger partial charge in [0, 0.05) is 13.1 Å². The molecule has 1 atom stereocenters. The summed E-state index contributed by atoms with van der Waals surface area (Å²) < 4.78 is 39.8. The molecule has 8 heteroatoms. The second kappa shape index (κ2) is 8.05. The van der Waals surface area contributed by atoms with Crippen molar-refractivity contribution < 1.29 is 17.6 Å². The lowest BCUT2D eigenvalue weighted by Gasteiger charge is -2.20. The number of sulfonamides is 1. The summed E-state index contributed by atoms with van der Waals surface area (Å²) in [6.45, 7) is 3.76. The van der Waals surface area contributed by atoms with Crippen LogP contribution in [-0.2, 0) is 10.0 Å². The molecule has 0 saturated heterocycles. The molecule has 2 rings (SSSR count). The third-order valence-corrected chi connectivity index (χ3v) is 6.13. The monoisotopic (exact) mass is 398 g/mol. The van der Waals surface area contributed by atoms with E-state index in [0.29, 0.717) is 5.69 Å². The molecule has 0 spiro atoms. The van der Waals surface area contributed by atoms with E-state index in [2.05, 4.69) is 5.32 Å². The maximum Gasteiger partial charge on any atom is 0.264 e. The summed E-state index contributed by atoms with van der Waals surface area (Å²) in [7, 11) is -2.58. The number of hydrogen-bond donors (Lipinski definition) is 1. The van der Waals surface area contributed by atoms with Crippen molar-refractivity contribution in [2.75, 3.05) is 11.4 Å². The average molecular weight is 399 g/mol. The first-order chi connectivity index (χ1) is 12.2. The molecule has 0 aromatic heterocycles. The van der Waals surface area contributed by atoms with Gasteiger partial charge in [0.05, 0.1) is 21.2 Å². The molecule has 0 fully saturated rings. The fourth-order valence-electron chi connectivity index (χ4n) is 2.19. The maximum atomic E-state index is 13.1. The van der Waals surface area contributed by atoms with Gasteiger partial charge >= 0.3 is 0 Å².